The van der Waals surface area contributed by atoms with Crippen LogP contribution in [-0.2, 0) is 9.47 Å². The van der Waals surface area contributed by atoms with Crippen LogP contribution >= 0.6 is 15.9 Å². The lowest BCUT2D eigenvalue weighted by Gasteiger charge is -2.07. The van der Waals surface area contributed by atoms with Crippen LogP contribution in [0.1, 0.15) is 0 Å². The molecule has 0 fully saturated rings. The van der Waals surface area contributed by atoms with E-state index in [4.69, 9.17) is 9.47 Å². The van der Waals surface area contributed by atoms with E-state index in [9.17, 15) is 4.39 Å². The van der Waals surface area contributed by atoms with Crippen LogP contribution in [0.2, 0.25) is 0 Å². The summed E-state index contributed by atoms with van der Waals surface area (Å²) in [5, 5.41) is 3.13. The Bertz CT molecular complexity index is 323. The van der Waals surface area contributed by atoms with E-state index in [-0.39, 0.29) is 5.82 Å². The van der Waals surface area contributed by atoms with Crippen LogP contribution in [0.4, 0.5) is 10.1 Å². The van der Waals surface area contributed by atoms with Gasteiger partial charge in [-0.15, -0.1) is 0 Å². The van der Waals surface area contributed by atoms with Crippen molar-refractivity contribution in [2.75, 3.05) is 38.8 Å². The van der Waals surface area contributed by atoms with Gasteiger partial charge in [-0.1, -0.05) is 0 Å². The van der Waals surface area contributed by atoms with Gasteiger partial charge in [-0.3, -0.25) is 0 Å². The van der Waals surface area contributed by atoms with Gasteiger partial charge in [-0.25, -0.2) is 4.39 Å². The molecule has 5 heteroatoms. The minimum atomic E-state index is -0.262. The summed E-state index contributed by atoms with van der Waals surface area (Å²) in [6, 6.07) is 4.80. The number of rotatable bonds is 7. The van der Waals surface area contributed by atoms with Crippen molar-refractivity contribution in [2.45, 2.75) is 0 Å². The third-order valence-electron chi connectivity index (χ3n) is 1.93. The van der Waals surface area contributed by atoms with Gasteiger partial charge in [0.2, 0.25) is 0 Å². The van der Waals surface area contributed by atoms with Crippen LogP contribution < -0.4 is 5.32 Å². The maximum Gasteiger partial charge on any atom is 0.137 e. The van der Waals surface area contributed by atoms with Gasteiger partial charge in [0.15, 0.2) is 0 Å². The molecule has 0 aliphatic carbocycles. The zero-order valence-corrected chi connectivity index (χ0v) is 10.7. The van der Waals surface area contributed by atoms with Crippen LogP contribution in [0, 0.1) is 5.82 Å². The molecule has 1 N–H and O–H groups in total. The molecule has 0 atom stereocenters. The Hall–Kier alpha value is -0.650. The normalized spacial score (nSPS) is 10.4. The first-order valence-corrected chi connectivity index (χ1v) is 5.79. The lowest BCUT2D eigenvalue weighted by molar-refractivity contribution is 0.0759. The number of hydrogen-bond acceptors (Lipinski definition) is 3. The van der Waals surface area contributed by atoms with Crippen molar-refractivity contribution in [3.8, 4) is 0 Å². The zero-order valence-electron chi connectivity index (χ0n) is 9.13. The molecule has 0 aliphatic rings. The van der Waals surface area contributed by atoms with Crippen LogP contribution in [0.15, 0.2) is 22.7 Å². The Morgan fingerprint density at radius 2 is 2.12 bits per heavy atom. The molecular formula is C11H15BrFNO2. The molecule has 0 heterocycles. The lowest BCUT2D eigenvalue weighted by atomic mass is 10.3. The van der Waals surface area contributed by atoms with Gasteiger partial charge in [0.05, 0.1) is 24.3 Å². The molecule has 16 heavy (non-hydrogen) atoms. The topological polar surface area (TPSA) is 30.5 Å². The monoisotopic (exact) mass is 291 g/mol. The minimum absolute atomic E-state index is 0.262. The van der Waals surface area contributed by atoms with Crippen molar-refractivity contribution in [2.24, 2.45) is 0 Å². The van der Waals surface area contributed by atoms with Gasteiger partial charge in [0, 0.05) is 19.3 Å². The second-order valence-corrected chi connectivity index (χ2v) is 4.02. The highest BCUT2D eigenvalue weighted by Crippen LogP contribution is 2.19. The van der Waals surface area contributed by atoms with E-state index in [0.717, 1.165) is 5.69 Å². The summed E-state index contributed by atoms with van der Waals surface area (Å²) >= 11 is 3.13. The fraction of sp³-hybridized carbons (Fsp3) is 0.455. The first kappa shape index (κ1) is 13.4. The predicted molar refractivity (Wildman–Crippen MR) is 65.3 cm³/mol. The molecule has 1 aromatic rings. The van der Waals surface area contributed by atoms with Crippen molar-refractivity contribution in [1.82, 2.24) is 0 Å². The zero-order chi connectivity index (χ0) is 11.8. The summed E-state index contributed by atoms with van der Waals surface area (Å²) in [7, 11) is 1.64. The molecule has 0 saturated carbocycles. The third kappa shape index (κ3) is 4.92. The smallest absolute Gasteiger partial charge is 0.137 e. The van der Waals surface area contributed by atoms with Gasteiger partial charge in [0.1, 0.15) is 5.82 Å². The molecular weight excluding hydrogens is 277 g/mol. The van der Waals surface area contributed by atoms with Gasteiger partial charge < -0.3 is 14.8 Å². The van der Waals surface area contributed by atoms with Crippen molar-refractivity contribution < 1.29 is 13.9 Å². The number of methoxy groups -OCH3 is 1. The van der Waals surface area contributed by atoms with Gasteiger partial charge in [-0.05, 0) is 34.1 Å². The molecule has 0 aromatic heterocycles. The quantitative estimate of drug-likeness (QED) is 0.784. The molecule has 1 rings (SSSR count). The Balaban J connectivity index is 2.19. The Morgan fingerprint density at radius 3 is 2.81 bits per heavy atom. The number of nitrogens with one attached hydrogen (secondary N) is 1. The Kier molecular flexibility index (Phi) is 6.37. The summed E-state index contributed by atoms with van der Waals surface area (Å²) in [6.07, 6.45) is 0. The number of halogens is 2. The fourth-order valence-electron chi connectivity index (χ4n) is 1.12. The molecule has 0 saturated heterocycles. The van der Waals surface area contributed by atoms with E-state index < -0.39 is 0 Å². The average molecular weight is 292 g/mol. The lowest BCUT2D eigenvalue weighted by Crippen LogP contribution is -2.11. The van der Waals surface area contributed by atoms with E-state index in [2.05, 4.69) is 21.2 Å². The van der Waals surface area contributed by atoms with Crippen LogP contribution in [0.5, 0.6) is 0 Å². The molecule has 0 bridgehead atoms. The highest BCUT2D eigenvalue weighted by Gasteiger charge is 1.99. The summed E-state index contributed by atoms with van der Waals surface area (Å²) in [6.45, 7) is 2.47. The van der Waals surface area contributed by atoms with Crippen LogP contribution in [0.25, 0.3) is 0 Å². The van der Waals surface area contributed by atoms with Gasteiger partial charge in [0.25, 0.3) is 0 Å². The average Bonchev–Trinajstić information content (AvgIpc) is 2.28. The first-order valence-electron chi connectivity index (χ1n) is 4.99. The molecule has 0 radical (unpaired) electrons. The van der Waals surface area contributed by atoms with Crippen LogP contribution in [0.3, 0.4) is 0 Å². The second kappa shape index (κ2) is 7.60. The molecule has 3 nitrogen and oxygen atoms in total. The van der Waals surface area contributed by atoms with Gasteiger partial charge in [-0.2, -0.15) is 0 Å². The summed E-state index contributed by atoms with van der Waals surface area (Å²) in [5.41, 5.74) is 0.864. The van der Waals surface area contributed by atoms with E-state index in [0.29, 0.717) is 30.8 Å². The highest BCUT2D eigenvalue weighted by molar-refractivity contribution is 9.10. The van der Waals surface area contributed by atoms with Gasteiger partial charge >= 0.3 is 0 Å². The molecule has 90 valence electrons. The molecule has 0 aliphatic heterocycles. The first-order chi connectivity index (χ1) is 7.74. The molecule has 1 aromatic carbocycles. The van der Waals surface area contributed by atoms with Crippen LogP contribution in [-0.4, -0.2) is 33.5 Å². The van der Waals surface area contributed by atoms with E-state index in [1.54, 1.807) is 19.2 Å². The highest BCUT2D eigenvalue weighted by atomic mass is 79.9. The summed E-state index contributed by atoms with van der Waals surface area (Å²) in [4.78, 5) is 0. The molecule has 0 spiro atoms. The third-order valence-corrected chi connectivity index (χ3v) is 2.53. The summed E-state index contributed by atoms with van der Waals surface area (Å²) < 4.78 is 23.5. The standard InChI is InChI=1S/C11H15BrFNO2/c1-15-6-7-16-5-4-14-9-2-3-11(13)10(12)8-9/h2-3,8,14H,4-7H2,1H3. The predicted octanol–water partition coefficient (Wildman–Crippen LogP) is 2.66. The van der Waals surface area contributed by atoms with Crippen molar-refractivity contribution in [3.63, 3.8) is 0 Å². The maximum absolute atomic E-state index is 12.9. The van der Waals surface area contributed by atoms with Crippen molar-refractivity contribution >= 4 is 21.6 Å². The fourth-order valence-corrected chi connectivity index (χ4v) is 1.50. The number of benzene rings is 1. The second-order valence-electron chi connectivity index (χ2n) is 3.16. The van der Waals surface area contributed by atoms with E-state index in [1.165, 1.54) is 6.07 Å². The number of hydrogen-bond donors (Lipinski definition) is 1. The Labute approximate surface area is 103 Å². The van der Waals surface area contributed by atoms with Crippen molar-refractivity contribution in [3.05, 3.63) is 28.5 Å². The SMILES string of the molecule is COCCOCCNc1ccc(F)c(Br)c1. The maximum atomic E-state index is 12.9. The molecule has 0 unspecified atom stereocenters. The number of ether oxygens (including phenoxy) is 2. The Morgan fingerprint density at radius 1 is 1.31 bits per heavy atom. The largest absolute Gasteiger partial charge is 0.383 e. The molecule has 0 amide bonds. The minimum Gasteiger partial charge on any atom is -0.383 e. The van der Waals surface area contributed by atoms with E-state index >= 15 is 0 Å². The van der Waals surface area contributed by atoms with Crippen molar-refractivity contribution in [1.29, 1.82) is 0 Å². The summed E-state index contributed by atoms with van der Waals surface area (Å²) in [5.74, 6) is -0.262. The number of anilines is 1. The van der Waals surface area contributed by atoms with E-state index in [1.807, 2.05) is 0 Å².